The topological polar surface area (TPSA) is 116 Å². The van der Waals surface area contributed by atoms with Gasteiger partial charge in [-0.25, -0.2) is 18.5 Å². The lowest BCUT2D eigenvalue weighted by Gasteiger charge is -2.12. The van der Waals surface area contributed by atoms with Crippen LogP contribution in [0.4, 0.5) is 0 Å². The third-order valence-corrected chi connectivity index (χ3v) is 6.94. The van der Waals surface area contributed by atoms with Gasteiger partial charge in [-0.3, -0.25) is 4.79 Å². The second kappa shape index (κ2) is 8.27. The van der Waals surface area contributed by atoms with Crippen molar-refractivity contribution >= 4 is 32.0 Å². The zero-order valence-corrected chi connectivity index (χ0v) is 19.8. The minimum absolute atomic E-state index is 0.107. The molecule has 3 N–H and O–H groups in total. The van der Waals surface area contributed by atoms with Gasteiger partial charge in [-0.2, -0.15) is 0 Å². The van der Waals surface area contributed by atoms with Crippen LogP contribution in [0, 0.1) is 6.92 Å². The lowest BCUT2D eigenvalue weighted by Crippen LogP contribution is -2.18. The van der Waals surface area contributed by atoms with Gasteiger partial charge in [-0.1, -0.05) is 30.3 Å². The van der Waals surface area contributed by atoms with Crippen molar-refractivity contribution in [3.8, 4) is 11.1 Å². The lowest BCUT2D eigenvalue weighted by atomic mass is 9.99. The Labute approximate surface area is 196 Å². The molecule has 5 aromatic rings. The van der Waals surface area contributed by atoms with Crippen LogP contribution < -0.4 is 10.7 Å². The summed E-state index contributed by atoms with van der Waals surface area (Å²) in [5, 5.41) is 6.13. The van der Waals surface area contributed by atoms with E-state index in [9.17, 15) is 13.2 Å². The van der Waals surface area contributed by atoms with E-state index in [2.05, 4.69) is 27.8 Å². The number of nitrogens with zero attached hydrogens (tertiary/aromatic N) is 3. The number of rotatable bonds is 6. The van der Waals surface area contributed by atoms with Gasteiger partial charge >= 0.3 is 0 Å². The molecule has 3 aromatic heterocycles. The predicted molar refractivity (Wildman–Crippen MR) is 134 cm³/mol. The van der Waals surface area contributed by atoms with Crippen LogP contribution in [0.15, 0.2) is 65.7 Å². The second-order valence-corrected chi connectivity index (χ2v) is 10.3. The molecule has 0 saturated carbocycles. The third kappa shape index (κ3) is 4.04. The van der Waals surface area contributed by atoms with Gasteiger partial charge in [-0.05, 0) is 48.2 Å². The Morgan fingerprint density at radius 2 is 1.88 bits per heavy atom. The SMILES string of the molecule is Cc1nc2c(CCS(N)(=O)=O)cc(-c3cn(C)c(=O)c4[nH]ccc34)cc2n1Cc1ccccc1. The van der Waals surface area contributed by atoms with Crippen LogP contribution in [-0.4, -0.2) is 33.3 Å². The molecule has 0 aliphatic heterocycles. The highest BCUT2D eigenvalue weighted by Crippen LogP contribution is 2.32. The molecule has 0 aliphatic carbocycles. The minimum Gasteiger partial charge on any atom is -0.357 e. The maximum absolute atomic E-state index is 12.6. The summed E-state index contributed by atoms with van der Waals surface area (Å²) in [6.07, 6.45) is 3.81. The normalized spacial score (nSPS) is 12.1. The highest BCUT2D eigenvalue weighted by Gasteiger charge is 2.18. The zero-order valence-electron chi connectivity index (χ0n) is 18.9. The first kappa shape index (κ1) is 22.1. The van der Waals surface area contributed by atoms with E-state index in [1.54, 1.807) is 17.8 Å². The van der Waals surface area contributed by atoms with Crippen molar-refractivity contribution in [3.05, 3.63) is 88.2 Å². The number of pyridine rings is 1. The molecule has 3 heterocycles. The fraction of sp³-hybridized carbons (Fsp3) is 0.200. The van der Waals surface area contributed by atoms with Gasteiger partial charge in [-0.15, -0.1) is 0 Å². The van der Waals surface area contributed by atoms with Gasteiger partial charge in [0, 0.05) is 36.9 Å². The van der Waals surface area contributed by atoms with Gasteiger partial charge in [0.2, 0.25) is 10.0 Å². The standard InChI is InChI=1S/C25H25N5O3S/c1-16-28-23-18(9-11-34(26,32)33)12-19(13-22(23)30(16)14-17-6-4-3-5-7-17)21-15-29(2)25(31)24-20(21)8-10-27-24/h3-8,10,12-13,15,27H,9,11,14H2,1-2H3,(H2,26,32,33). The monoisotopic (exact) mass is 475 g/mol. The highest BCUT2D eigenvalue weighted by molar-refractivity contribution is 7.89. The van der Waals surface area contributed by atoms with Gasteiger partial charge in [0.25, 0.3) is 5.56 Å². The molecule has 0 spiro atoms. The molecular weight excluding hydrogens is 450 g/mol. The summed E-state index contributed by atoms with van der Waals surface area (Å²) in [6, 6.07) is 16.0. The number of hydrogen-bond acceptors (Lipinski definition) is 4. The maximum Gasteiger partial charge on any atom is 0.274 e. The summed E-state index contributed by atoms with van der Waals surface area (Å²) in [5.74, 6) is 0.656. The van der Waals surface area contributed by atoms with Crippen LogP contribution in [0.2, 0.25) is 0 Å². The number of sulfonamides is 1. The number of fused-ring (bicyclic) bond motifs is 2. The Morgan fingerprint density at radius 3 is 2.62 bits per heavy atom. The second-order valence-electron chi connectivity index (χ2n) is 8.58. The third-order valence-electron chi connectivity index (χ3n) is 6.17. The number of benzene rings is 2. The molecule has 0 aliphatic rings. The Hall–Kier alpha value is -3.69. The van der Waals surface area contributed by atoms with Gasteiger partial charge in [0.05, 0.1) is 16.8 Å². The minimum atomic E-state index is -3.64. The van der Waals surface area contributed by atoms with Gasteiger partial charge < -0.3 is 14.1 Å². The first-order chi connectivity index (χ1) is 16.2. The molecule has 2 aromatic carbocycles. The van der Waals surface area contributed by atoms with Crippen molar-refractivity contribution in [2.24, 2.45) is 12.2 Å². The molecule has 0 unspecified atom stereocenters. The van der Waals surface area contributed by atoms with E-state index in [0.29, 0.717) is 12.1 Å². The molecule has 0 atom stereocenters. The first-order valence-electron chi connectivity index (χ1n) is 10.9. The number of aryl methyl sites for hydroxylation is 3. The maximum atomic E-state index is 12.6. The van der Waals surface area contributed by atoms with E-state index >= 15 is 0 Å². The largest absolute Gasteiger partial charge is 0.357 e. The van der Waals surface area contributed by atoms with Crippen molar-refractivity contribution in [2.75, 3.05) is 5.75 Å². The number of primary sulfonamides is 1. The van der Waals surface area contributed by atoms with Crippen molar-refractivity contribution in [1.29, 1.82) is 0 Å². The van der Waals surface area contributed by atoms with Crippen molar-refractivity contribution in [3.63, 3.8) is 0 Å². The number of nitrogens with two attached hydrogens (primary N) is 1. The Balaban J connectivity index is 1.76. The summed E-state index contributed by atoms with van der Waals surface area (Å²) in [7, 11) is -1.92. The summed E-state index contributed by atoms with van der Waals surface area (Å²) in [4.78, 5) is 20.4. The number of H-pyrrole nitrogens is 1. The summed E-state index contributed by atoms with van der Waals surface area (Å²) < 4.78 is 27.2. The van der Waals surface area contributed by atoms with E-state index in [4.69, 9.17) is 10.1 Å². The number of aromatic amines is 1. The Bertz CT molecular complexity index is 1700. The average Bonchev–Trinajstić information content (AvgIpc) is 3.40. The average molecular weight is 476 g/mol. The zero-order chi connectivity index (χ0) is 24.0. The number of hydrogen-bond donors (Lipinski definition) is 2. The van der Waals surface area contributed by atoms with Crippen molar-refractivity contribution in [1.82, 2.24) is 19.1 Å². The van der Waals surface area contributed by atoms with Crippen LogP contribution in [0.25, 0.3) is 33.1 Å². The van der Waals surface area contributed by atoms with Crippen LogP contribution >= 0.6 is 0 Å². The first-order valence-corrected chi connectivity index (χ1v) is 12.6. The quantitative estimate of drug-likeness (QED) is 0.393. The van der Waals surface area contributed by atoms with Crippen LogP contribution in [0.3, 0.4) is 0 Å². The Kier molecular flexibility index (Phi) is 5.38. The molecule has 0 radical (unpaired) electrons. The smallest absolute Gasteiger partial charge is 0.274 e. The van der Waals surface area contributed by atoms with Crippen LogP contribution in [0.1, 0.15) is 17.0 Å². The van der Waals surface area contributed by atoms with Gasteiger partial charge in [0.15, 0.2) is 0 Å². The van der Waals surface area contributed by atoms with Gasteiger partial charge in [0.1, 0.15) is 11.3 Å². The molecule has 8 nitrogen and oxygen atoms in total. The Morgan fingerprint density at radius 1 is 1.12 bits per heavy atom. The number of imidazole rings is 1. The van der Waals surface area contributed by atoms with Crippen molar-refractivity contribution < 1.29 is 8.42 Å². The van der Waals surface area contributed by atoms with E-state index in [-0.39, 0.29) is 17.7 Å². The molecule has 0 bridgehead atoms. The van der Waals surface area contributed by atoms with E-state index in [0.717, 1.165) is 44.5 Å². The van der Waals surface area contributed by atoms with E-state index in [1.165, 1.54) is 0 Å². The van der Waals surface area contributed by atoms with Crippen molar-refractivity contribution in [2.45, 2.75) is 19.9 Å². The fourth-order valence-corrected chi connectivity index (χ4v) is 4.98. The molecule has 9 heteroatoms. The molecular formula is C25H25N5O3S. The number of aromatic nitrogens is 4. The molecule has 0 saturated heterocycles. The van der Waals surface area contributed by atoms with Crippen LogP contribution in [0.5, 0.6) is 0 Å². The summed E-state index contributed by atoms with van der Waals surface area (Å²) >= 11 is 0. The molecule has 34 heavy (non-hydrogen) atoms. The molecule has 0 fully saturated rings. The predicted octanol–water partition coefficient (Wildman–Crippen LogP) is 3.07. The fourth-order valence-electron chi connectivity index (χ4n) is 4.47. The van der Waals surface area contributed by atoms with E-state index in [1.807, 2.05) is 43.5 Å². The molecule has 5 rings (SSSR count). The lowest BCUT2D eigenvalue weighted by molar-refractivity contribution is 0.597. The highest BCUT2D eigenvalue weighted by atomic mass is 32.2. The van der Waals surface area contributed by atoms with E-state index < -0.39 is 10.0 Å². The van der Waals surface area contributed by atoms with Crippen LogP contribution in [-0.2, 0) is 30.0 Å². The molecule has 0 amide bonds. The summed E-state index contributed by atoms with van der Waals surface area (Å²) in [5.41, 5.74) is 5.78. The molecule has 174 valence electrons. The summed E-state index contributed by atoms with van der Waals surface area (Å²) in [6.45, 7) is 2.58. The number of nitrogens with one attached hydrogen (secondary N) is 1.